The number of nitrogens with zero attached hydrogens (tertiary/aromatic N) is 3. The van der Waals surface area contributed by atoms with Crippen LogP contribution in [0.3, 0.4) is 0 Å². The second-order valence-electron chi connectivity index (χ2n) is 6.33. The molecule has 0 bridgehead atoms. The van der Waals surface area contributed by atoms with Crippen molar-refractivity contribution in [3.05, 3.63) is 39.6 Å². The number of carbonyl (C=O) groups is 2. The number of carbonyl (C=O) groups excluding carboxylic acids is 2. The van der Waals surface area contributed by atoms with Crippen LogP contribution in [0, 0.1) is 11.8 Å². The predicted octanol–water partition coefficient (Wildman–Crippen LogP) is 5.28. The highest BCUT2D eigenvalue weighted by Gasteiger charge is 2.28. The number of anilines is 1. The molecule has 2 aromatic rings. The van der Waals surface area contributed by atoms with Crippen molar-refractivity contribution in [3.8, 4) is 11.3 Å². The molecule has 1 heterocycles. The standard InChI is InChI=1S/C18H18Cl3N3O2/c1-9(2)17(25)24(18(26)10(3)4)15-8-22-14(7-23-15)12-5-11(19)6-13(20)16(12)21/h5-10H,1-4H3. The van der Waals surface area contributed by atoms with Gasteiger partial charge in [-0.2, -0.15) is 0 Å². The molecule has 0 radical (unpaired) electrons. The molecular formula is C18H18Cl3N3O2. The number of amides is 2. The van der Waals surface area contributed by atoms with Gasteiger partial charge in [-0.15, -0.1) is 0 Å². The van der Waals surface area contributed by atoms with Gasteiger partial charge in [0.1, 0.15) is 0 Å². The molecule has 0 fully saturated rings. The molecule has 2 rings (SSSR count). The van der Waals surface area contributed by atoms with E-state index in [0.29, 0.717) is 26.3 Å². The molecule has 0 saturated carbocycles. The van der Waals surface area contributed by atoms with E-state index in [0.717, 1.165) is 4.90 Å². The quantitative estimate of drug-likeness (QED) is 0.639. The molecule has 0 spiro atoms. The zero-order valence-corrected chi connectivity index (χ0v) is 17.0. The second-order valence-corrected chi connectivity index (χ2v) is 7.55. The van der Waals surface area contributed by atoms with E-state index >= 15 is 0 Å². The van der Waals surface area contributed by atoms with Gasteiger partial charge in [0.2, 0.25) is 11.8 Å². The first-order chi connectivity index (χ1) is 12.1. The Labute approximate surface area is 167 Å². The summed E-state index contributed by atoms with van der Waals surface area (Å²) in [6.07, 6.45) is 2.79. The smallest absolute Gasteiger partial charge is 0.237 e. The van der Waals surface area contributed by atoms with Gasteiger partial charge in [-0.3, -0.25) is 14.6 Å². The average Bonchev–Trinajstić information content (AvgIpc) is 2.58. The fraction of sp³-hybridized carbons (Fsp3) is 0.333. The lowest BCUT2D eigenvalue weighted by molar-refractivity contribution is -0.129. The normalized spacial score (nSPS) is 11.1. The Balaban J connectivity index is 2.47. The van der Waals surface area contributed by atoms with Gasteiger partial charge in [0.15, 0.2) is 5.82 Å². The maximum atomic E-state index is 12.5. The molecule has 0 N–H and O–H groups in total. The van der Waals surface area contributed by atoms with Crippen molar-refractivity contribution >= 4 is 52.4 Å². The van der Waals surface area contributed by atoms with Gasteiger partial charge in [0.25, 0.3) is 0 Å². The molecule has 138 valence electrons. The van der Waals surface area contributed by atoms with E-state index in [2.05, 4.69) is 9.97 Å². The molecule has 0 aliphatic carbocycles. The highest BCUT2D eigenvalue weighted by molar-refractivity contribution is 6.45. The number of halogens is 3. The van der Waals surface area contributed by atoms with Gasteiger partial charge in [0.05, 0.1) is 28.1 Å². The summed E-state index contributed by atoms with van der Waals surface area (Å²) in [7, 11) is 0. The van der Waals surface area contributed by atoms with E-state index in [-0.39, 0.29) is 29.5 Å². The van der Waals surface area contributed by atoms with E-state index in [1.165, 1.54) is 18.5 Å². The molecule has 8 heteroatoms. The van der Waals surface area contributed by atoms with Gasteiger partial charge in [-0.05, 0) is 12.1 Å². The summed E-state index contributed by atoms with van der Waals surface area (Å²) in [5.41, 5.74) is 0.942. The van der Waals surface area contributed by atoms with Crippen molar-refractivity contribution in [2.75, 3.05) is 4.90 Å². The van der Waals surface area contributed by atoms with Gasteiger partial charge in [-0.25, -0.2) is 9.88 Å². The second kappa shape index (κ2) is 8.33. The molecular weight excluding hydrogens is 397 g/mol. The minimum atomic E-state index is -0.361. The summed E-state index contributed by atoms with van der Waals surface area (Å²) in [6.45, 7) is 6.88. The zero-order valence-electron chi connectivity index (χ0n) is 14.8. The molecule has 1 aromatic carbocycles. The lowest BCUT2D eigenvalue weighted by Crippen LogP contribution is -2.42. The maximum absolute atomic E-state index is 12.5. The van der Waals surface area contributed by atoms with Crippen molar-refractivity contribution in [3.63, 3.8) is 0 Å². The van der Waals surface area contributed by atoms with Crippen molar-refractivity contribution < 1.29 is 9.59 Å². The number of rotatable bonds is 4. The Morgan fingerprint density at radius 1 is 0.923 bits per heavy atom. The van der Waals surface area contributed by atoms with Crippen molar-refractivity contribution in [2.45, 2.75) is 27.7 Å². The Kier molecular flexibility index (Phi) is 6.61. The van der Waals surface area contributed by atoms with Crippen molar-refractivity contribution in [1.82, 2.24) is 9.97 Å². The largest absolute Gasteiger partial charge is 0.274 e. The Hall–Kier alpha value is -1.69. The van der Waals surface area contributed by atoms with Gasteiger partial charge < -0.3 is 0 Å². The van der Waals surface area contributed by atoms with E-state index in [1.807, 2.05) is 0 Å². The summed E-state index contributed by atoms with van der Waals surface area (Å²) < 4.78 is 0. The first-order valence-corrected chi connectivity index (χ1v) is 9.11. The monoisotopic (exact) mass is 413 g/mol. The zero-order chi connectivity index (χ0) is 19.6. The Bertz CT molecular complexity index is 816. The van der Waals surface area contributed by atoms with E-state index < -0.39 is 0 Å². The van der Waals surface area contributed by atoms with Crippen LogP contribution in [0.4, 0.5) is 5.82 Å². The summed E-state index contributed by atoms with van der Waals surface area (Å²) in [6, 6.07) is 3.15. The van der Waals surface area contributed by atoms with E-state index in [9.17, 15) is 9.59 Å². The van der Waals surface area contributed by atoms with Gasteiger partial charge >= 0.3 is 0 Å². The topological polar surface area (TPSA) is 63.2 Å². The summed E-state index contributed by atoms with van der Waals surface area (Å²) in [4.78, 5) is 34.5. The minimum Gasteiger partial charge on any atom is -0.274 e. The SMILES string of the molecule is CC(C)C(=O)N(C(=O)C(C)C)c1cnc(-c2cc(Cl)cc(Cl)c2Cl)cn1. The fourth-order valence-electron chi connectivity index (χ4n) is 2.17. The summed E-state index contributed by atoms with van der Waals surface area (Å²) >= 11 is 18.3. The first-order valence-electron chi connectivity index (χ1n) is 7.98. The van der Waals surface area contributed by atoms with Crippen LogP contribution in [0.25, 0.3) is 11.3 Å². The Morgan fingerprint density at radius 2 is 1.50 bits per heavy atom. The number of hydrogen-bond acceptors (Lipinski definition) is 4. The number of benzene rings is 1. The van der Waals surface area contributed by atoms with Gasteiger partial charge in [0, 0.05) is 22.4 Å². The van der Waals surface area contributed by atoms with Crippen LogP contribution >= 0.6 is 34.8 Å². The molecule has 0 atom stereocenters. The summed E-state index contributed by atoms with van der Waals surface area (Å²) in [5, 5.41) is 1.00. The lowest BCUT2D eigenvalue weighted by Gasteiger charge is -2.23. The summed E-state index contributed by atoms with van der Waals surface area (Å²) in [5.74, 6) is -1.24. The third-order valence-electron chi connectivity index (χ3n) is 3.56. The van der Waals surface area contributed by atoms with Crippen LogP contribution in [0.2, 0.25) is 15.1 Å². The van der Waals surface area contributed by atoms with Crippen LogP contribution in [-0.2, 0) is 9.59 Å². The highest BCUT2D eigenvalue weighted by Crippen LogP contribution is 2.35. The number of hydrogen-bond donors (Lipinski definition) is 0. The van der Waals surface area contributed by atoms with Crippen molar-refractivity contribution in [1.29, 1.82) is 0 Å². The van der Waals surface area contributed by atoms with Crippen LogP contribution in [-0.4, -0.2) is 21.8 Å². The maximum Gasteiger partial charge on any atom is 0.237 e. The lowest BCUT2D eigenvalue weighted by atomic mass is 10.1. The first kappa shape index (κ1) is 20.6. The molecule has 5 nitrogen and oxygen atoms in total. The molecule has 0 aliphatic rings. The fourth-order valence-corrected chi connectivity index (χ4v) is 2.87. The molecule has 0 unspecified atom stereocenters. The van der Waals surface area contributed by atoms with Crippen LogP contribution in [0.15, 0.2) is 24.5 Å². The van der Waals surface area contributed by atoms with E-state index in [1.54, 1.807) is 33.8 Å². The Morgan fingerprint density at radius 3 is 1.96 bits per heavy atom. The molecule has 26 heavy (non-hydrogen) atoms. The number of aromatic nitrogens is 2. The van der Waals surface area contributed by atoms with Crippen LogP contribution in [0.1, 0.15) is 27.7 Å². The predicted molar refractivity (Wildman–Crippen MR) is 105 cm³/mol. The molecule has 1 aromatic heterocycles. The average molecular weight is 415 g/mol. The molecule has 2 amide bonds. The third kappa shape index (κ3) is 4.34. The van der Waals surface area contributed by atoms with Crippen LogP contribution < -0.4 is 4.90 Å². The van der Waals surface area contributed by atoms with Crippen LogP contribution in [0.5, 0.6) is 0 Å². The minimum absolute atomic E-state index is 0.162. The molecule has 0 saturated heterocycles. The van der Waals surface area contributed by atoms with Gasteiger partial charge in [-0.1, -0.05) is 62.5 Å². The molecule has 0 aliphatic heterocycles. The number of imide groups is 1. The van der Waals surface area contributed by atoms with Crippen molar-refractivity contribution in [2.24, 2.45) is 11.8 Å². The highest BCUT2D eigenvalue weighted by atomic mass is 35.5. The third-order valence-corrected chi connectivity index (χ3v) is 4.59. The van der Waals surface area contributed by atoms with E-state index in [4.69, 9.17) is 34.8 Å².